The summed E-state index contributed by atoms with van der Waals surface area (Å²) in [7, 11) is 0. The molecule has 3 aliphatic heterocycles. The minimum absolute atomic E-state index is 0.00297. The third kappa shape index (κ3) is 3.80. The highest BCUT2D eigenvalue weighted by Gasteiger charge is 2.34. The van der Waals surface area contributed by atoms with E-state index in [0.29, 0.717) is 28.0 Å². The van der Waals surface area contributed by atoms with Crippen LogP contribution in [-0.2, 0) is 0 Å². The first kappa shape index (κ1) is 16.4. The normalized spacial score (nSPS) is 24.8. The van der Waals surface area contributed by atoms with E-state index < -0.39 is 0 Å². The van der Waals surface area contributed by atoms with Gasteiger partial charge in [-0.15, -0.1) is 0 Å². The predicted molar refractivity (Wildman–Crippen MR) is 98.4 cm³/mol. The summed E-state index contributed by atoms with van der Waals surface area (Å²) in [5, 5.41) is 3.88. The Morgan fingerprint density at radius 1 is 1.00 bits per heavy atom. The van der Waals surface area contributed by atoms with Crippen LogP contribution in [0.25, 0.3) is 0 Å². The molecule has 25 heavy (non-hydrogen) atoms. The van der Waals surface area contributed by atoms with Crippen molar-refractivity contribution in [2.45, 2.75) is 18.9 Å². The van der Waals surface area contributed by atoms with Gasteiger partial charge in [-0.1, -0.05) is 11.6 Å². The first-order valence-electron chi connectivity index (χ1n) is 8.74. The van der Waals surface area contributed by atoms with Crippen molar-refractivity contribution in [2.24, 2.45) is 5.92 Å². The van der Waals surface area contributed by atoms with Gasteiger partial charge >= 0.3 is 0 Å². The molecule has 0 radical (unpaired) electrons. The molecule has 0 saturated carbocycles. The second-order valence-electron chi connectivity index (χ2n) is 6.80. The molecule has 3 heterocycles. The van der Waals surface area contributed by atoms with Crippen molar-refractivity contribution in [2.75, 3.05) is 19.6 Å². The molecule has 1 N–H and O–H groups in total. The van der Waals surface area contributed by atoms with Crippen LogP contribution in [0.1, 0.15) is 23.2 Å². The number of carbonyl (C=O) groups excluding carboxylic acids is 1. The number of amides is 1. The molecule has 1 amide bonds. The molecular formula is C20H21ClN2O2. The van der Waals surface area contributed by atoms with Gasteiger partial charge < -0.3 is 15.0 Å². The van der Waals surface area contributed by atoms with Gasteiger partial charge in [0, 0.05) is 23.2 Å². The van der Waals surface area contributed by atoms with E-state index in [0.717, 1.165) is 6.54 Å². The molecule has 0 spiro atoms. The van der Waals surface area contributed by atoms with E-state index in [1.165, 1.54) is 25.9 Å². The number of halogens is 1. The molecule has 4 nitrogen and oxygen atoms in total. The van der Waals surface area contributed by atoms with E-state index >= 15 is 0 Å². The number of carbonyl (C=O) groups is 1. The van der Waals surface area contributed by atoms with Crippen LogP contribution >= 0.6 is 11.6 Å². The summed E-state index contributed by atoms with van der Waals surface area (Å²) in [6.07, 6.45) is 2.39. The third-order valence-electron chi connectivity index (χ3n) is 5.14. The van der Waals surface area contributed by atoms with E-state index in [1.807, 2.05) is 36.4 Å². The van der Waals surface area contributed by atoms with Gasteiger partial charge in [0.1, 0.15) is 11.5 Å². The third-order valence-corrected chi connectivity index (χ3v) is 5.39. The average molecular weight is 357 g/mol. The number of fused-ring (bicyclic) bond motifs is 3. The van der Waals surface area contributed by atoms with Crippen molar-refractivity contribution in [3.8, 4) is 11.5 Å². The molecule has 2 aromatic rings. The van der Waals surface area contributed by atoms with Gasteiger partial charge in [0.05, 0.1) is 0 Å². The van der Waals surface area contributed by atoms with Gasteiger partial charge in [-0.2, -0.15) is 0 Å². The van der Waals surface area contributed by atoms with Crippen LogP contribution in [0.3, 0.4) is 0 Å². The summed E-state index contributed by atoms with van der Waals surface area (Å²) in [5.41, 5.74) is 0.667. The smallest absolute Gasteiger partial charge is 0.251 e. The largest absolute Gasteiger partial charge is 0.457 e. The minimum atomic E-state index is -0.00297. The summed E-state index contributed by atoms with van der Waals surface area (Å²) in [4.78, 5) is 14.9. The van der Waals surface area contributed by atoms with E-state index in [4.69, 9.17) is 16.3 Å². The Morgan fingerprint density at radius 3 is 2.16 bits per heavy atom. The fraction of sp³-hybridized carbons (Fsp3) is 0.350. The highest BCUT2D eigenvalue weighted by Crippen LogP contribution is 2.28. The zero-order valence-electron chi connectivity index (χ0n) is 14.0. The van der Waals surface area contributed by atoms with Crippen LogP contribution in [-0.4, -0.2) is 36.5 Å². The number of hydrogen-bond acceptors (Lipinski definition) is 3. The molecule has 2 aromatic carbocycles. The van der Waals surface area contributed by atoms with E-state index in [9.17, 15) is 4.79 Å². The van der Waals surface area contributed by atoms with Crippen LogP contribution in [0.2, 0.25) is 5.02 Å². The van der Waals surface area contributed by atoms with Gasteiger partial charge in [0.25, 0.3) is 5.91 Å². The maximum absolute atomic E-state index is 12.5. The van der Waals surface area contributed by atoms with Crippen molar-refractivity contribution >= 4 is 17.5 Å². The summed E-state index contributed by atoms with van der Waals surface area (Å²) in [5.74, 6) is 2.04. The molecule has 5 heteroatoms. The summed E-state index contributed by atoms with van der Waals surface area (Å²) < 4.78 is 5.76. The number of benzene rings is 2. The number of nitrogens with one attached hydrogen (secondary N) is 1. The molecule has 2 bridgehead atoms. The van der Waals surface area contributed by atoms with E-state index in [-0.39, 0.29) is 11.9 Å². The second-order valence-corrected chi connectivity index (χ2v) is 7.23. The van der Waals surface area contributed by atoms with E-state index in [2.05, 4.69) is 10.2 Å². The number of hydrogen-bond donors (Lipinski definition) is 1. The average Bonchev–Trinajstić information content (AvgIpc) is 2.65. The van der Waals surface area contributed by atoms with Crippen molar-refractivity contribution in [1.82, 2.24) is 10.2 Å². The van der Waals surface area contributed by atoms with Crippen molar-refractivity contribution in [3.05, 3.63) is 59.1 Å². The maximum Gasteiger partial charge on any atom is 0.251 e. The lowest BCUT2D eigenvalue weighted by Crippen LogP contribution is -2.57. The fourth-order valence-corrected chi connectivity index (χ4v) is 3.82. The highest BCUT2D eigenvalue weighted by atomic mass is 35.5. The highest BCUT2D eigenvalue weighted by molar-refractivity contribution is 6.30. The van der Waals surface area contributed by atoms with Crippen molar-refractivity contribution in [3.63, 3.8) is 0 Å². The van der Waals surface area contributed by atoms with Gasteiger partial charge in [-0.3, -0.25) is 4.79 Å². The molecule has 0 aromatic heterocycles. The predicted octanol–water partition coefficient (Wildman–Crippen LogP) is 3.96. The maximum atomic E-state index is 12.5. The molecule has 3 fully saturated rings. The Hall–Kier alpha value is -2.04. The molecule has 1 unspecified atom stereocenters. The molecule has 0 aliphatic carbocycles. The molecule has 1 atom stereocenters. The van der Waals surface area contributed by atoms with Crippen molar-refractivity contribution in [1.29, 1.82) is 0 Å². The Bertz CT molecular complexity index is 737. The Morgan fingerprint density at radius 2 is 1.60 bits per heavy atom. The lowest BCUT2D eigenvalue weighted by atomic mass is 9.84. The minimum Gasteiger partial charge on any atom is -0.457 e. The SMILES string of the molecule is O=C(NC1CN2CCC1CC2)c1ccc(Oc2ccc(Cl)cc2)cc1. The lowest BCUT2D eigenvalue weighted by molar-refractivity contribution is 0.0620. The lowest BCUT2D eigenvalue weighted by Gasteiger charge is -2.44. The fourth-order valence-electron chi connectivity index (χ4n) is 3.69. The number of nitrogens with zero attached hydrogens (tertiary/aromatic N) is 1. The van der Waals surface area contributed by atoms with E-state index in [1.54, 1.807) is 12.1 Å². The number of ether oxygens (including phenoxy) is 1. The van der Waals surface area contributed by atoms with Gasteiger partial charge in [0.2, 0.25) is 0 Å². The summed E-state index contributed by atoms with van der Waals surface area (Å²) >= 11 is 5.87. The molecule has 130 valence electrons. The Balaban J connectivity index is 1.38. The van der Waals surface area contributed by atoms with Crippen LogP contribution in [0.15, 0.2) is 48.5 Å². The molecule has 3 saturated heterocycles. The number of piperidine rings is 3. The first-order chi connectivity index (χ1) is 12.2. The summed E-state index contributed by atoms with van der Waals surface area (Å²) in [6, 6.07) is 14.7. The zero-order chi connectivity index (χ0) is 17.2. The van der Waals surface area contributed by atoms with Crippen LogP contribution in [0, 0.1) is 5.92 Å². The molecule has 5 rings (SSSR count). The van der Waals surface area contributed by atoms with Crippen LogP contribution < -0.4 is 10.1 Å². The summed E-state index contributed by atoms with van der Waals surface area (Å²) in [6.45, 7) is 3.33. The quantitative estimate of drug-likeness (QED) is 0.901. The number of rotatable bonds is 4. The topological polar surface area (TPSA) is 41.6 Å². The monoisotopic (exact) mass is 356 g/mol. The second kappa shape index (κ2) is 7.06. The Labute approximate surface area is 152 Å². The molecular weight excluding hydrogens is 336 g/mol. The van der Waals surface area contributed by atoms with Crippen molar-refractivity contribution < 1.29 is 9.53 Å². The van der Waals surface area contributed by atoms with Crippen LogP contribution in [0.4, 0.5) is 0 Å². The standard InChI is InChI=1S/C20H21ClN2O2/c21-16-3-7-18(8-4-16)25-17-5-1-15(2-6-17)20(24)22-19-13-23-11-9-14(19)10-12-23/h1-8,14,19H,9-13H2,(H,22,24). The van der Waals surface area contributed by atoms with Crippen LogP contribution in [0.5, 0.6) is 11.5 Å². The molecule has 3 aliphatic rings. The Kier molecular flexibility index (Phi) is 4.64. The van der Waals surface area contributed by atoms with Gasteiger partial charge in [-0.05, 0) is 80.4 Å². The first-order valence-corrected chi connectivity index (χ1v) is 9.12. The zero-order valence-corrected chi connectivity index (χ0v) is 14.7. The van der Waals surface area contributed by atoms with Gasteiger partial charge in [-0.25, -0.2) is 0 Å². The van der Waals surface area contributed by atoms with Gasteiger partial charge in [0.15, 0.2) is 0 Å².